The predicted octanol–water partition coefficient (Wildman–Crippen LogP) is 3.11. The number of hydrogen-bond donors (Lipinski definition) is 3. The van der Waals surface area contributed by atoms with Crippen molar-refractivity contribution in [1.82, 2.24) is 0 Å². The van der Waals surface area contributed by atoms with Gasteiger partial charge in [-0.2, -0.15) is 0 Å². The summed E-state index contributed by atoms with van der Waals surface area (Å²) >= 11 is 0. The molecule has 0 fully saturated rings. The molecule has 170 valence electrons. The number of carbonyl (C=O) groups is 2. The predicted molar refractivity (Wildman–Crippen MR) is 124 cm³/mol. The molecule has 0 saturated heterocycles. The lowest BCUT2D eigenvalue weighted by Crippen LogP contribution is -2.24. The van der Waals surface area contributed by atoms with Gasteiger partial charge in [0.1, 0.15) is 0 Å². The van der Waals surface area contributed by atoms with Crippen LogP contribution < -0.4 is 5.32 Å². The van der Waals surface area contributed by atoms with Gasteiger partial charge < -0.3 is 15.5 Å². The van der Waals surface area contributed by atoms with E-state index in [0.29, 0.717) is 28.1 Å². The number of anilines is 2. The number of aliphatic hydroxyl groups is 2. The average molecular weight is 466 g/mol. The van der Waals surface area contributed by atoms with Crippen molar-refractivity contribution in [2.24, 2.45) is 0 Å². The molecular weight excluding hydrogens is 442 g/mol. The molecule has 3 aromatic carbocycles. The Balaban J connectivity index is 1.64. The second-order valence-electron chi connectivity index (χ2n) is 7.77. The summed E-state index contributed by atoms with van der Waals surface area (Å²) in [6.45, 7) is -0.586. The van der Waals surface area contributed by atoms with E-state index in [4.69, 9.17) is 0 Å². The Labute approximate surface area is 191 Å². The molecule has 7 nitrogen and oxygen atoms in total. The Bertz CT molecular complexity index is 1310. The fraction of sp³-hybridized carbons (Fsp3) is 0.200. The zero-order chi connectivity index (χ0) is 23.6. The third-order valence-electron chi connectivity index (χ3n) is 5.76. The van der Waals surface area contributed by atoms with Gasteiger partial charge in [0, 0.05) is 35.6 Å². The molecule has 0 saturated carbocycles. The average Bonchev–Trinajstić information content (AvgIpc) is 2.82. The highest BCUT2D eigenvalue weighted by molar-refractivity contribution is 7.92. The molecule has 0 atom stereocenters. The second kappa shape index (κ2) is 9.27. The van der Waals surface area contributed by atoms with E-state index < -0.39 is 15.1 Å². The van der Waals surface area contributed by atoms with Gasteiger partial charge >= 0.3 is 0 Å². The molecular formula is C25H23NO6S. The van der Waals surface area contributed by atoms with Gasteiger partial charge in [-0.05, 0) is 43.2 Å². The molecule has 0 aromatic heterocycles. The van der Waals surface area contributed by atoms with E-state index in [1.54, 1.807) is 54.6 Å². The fourth-order valence-electron chi connectivity index (χ4n) is 4.07. The first-order valence-electron chi connectivity index (χ1n) is 10.5. The quantitative estimate of drug-likeness (QED) is 0.366. The van der Waals surface area contributed by atoms with Gasteiger partial charge in [-0.1, -0.05) is 36.4 Å². The lowest BCUT2D eigenvalue weighted by Gasteiger charge is -2.21. The fourth-order valence-corrected chi connectivity index (χ4v) is 5.80. The number of ketones is 2. The van der Waals surface area contributed by atoms with Crippen molar-refractivity contribution in [3.05, 3.63) is 89.0 Å². The van der Waals surface area contributed by atoms with Crippen LogP contribution in [0.3, 0.4) is 0 Å². The highest BCUT2D eigenvalue weighted by Crippen LogP contribution is 2.33. The smallest absolute Gasteiger partial charge is 0.196 e. The van der Waals surface area contributed by atoms with Crippen LogP contribution in [0.2, 0.25) is 0 Å². The normalized spacial score (nSPS) is 13.1. The van der Waals surface area contributed by atoms with Crippen molar-refractivity contribution in [1.29, 1.82) is 0 Å². The second-order valence-corrected chi connectivity index (χ2v) is 10.0. The molecule has 0 aliphatic heterocycles. The van der Waals surface area contributed by atoms with E-state index in [9.17, 15) is 28.2 Å². The van der Waals surface area contributed by atoms with Gasteiger partial charge in [0.25, 0.3) is 0 Å². The first-order valence-corrected chi connectivity index (χ1v) is 12.1. The summed E-state index contributed by atoms with van der Waals surface area (Å²) in [5, 5.41) is 20.6. The van der Waals surface area contributed by atoms with E-state index >= 15 is 0 Å². The summed E-state index contributed by atoms with van der Waals surface area (Å²) in [6, 6.07) is 17.7. The summed E-state index contributed by atoms with van der Waals surface area (Å²) in [7, 11) is -3.73. The standard InChI is InChI=1S/C25H23NO6S/c27-14-12-18(13-15-28)33(31,32)17-10-8-16(9-11-17)26-22-7-3-6-21-23(22)25(30)20-5-2-1-4-19(20)24(21)29/h1-11,18,26-28H,12-15H2. The van der Waals surface area contributed by atoms with Crippen molar-refractivity contribution in [2.75, 3.05) is 18.5 Å². The third-order valence-corrected chi connectivity index (χ3v) is 8.03. The largest absolute Gasteiger partial charge is 0.396 e. The summed E-state index contributed by atoms with van der Waals surface area (Å²) in [5.41, 5.74) is 2.32. The van der Waals surface area contributed by atoms with Gasteiger partial charge in [-0.3, -0.25) is 9.59 Å². The molecule has 0 amide bonds. The number of carbonyl (C=O) groups excluding carboxylic acids is 2. The molecule has 4 rings (SSSR count). The van der Waals surface area contributed by atoms with Crippen LogP contribution in [0.5, 0.6) is 0 Å². The van der Waals surface area contributed by atoms with E-state index in [1.807, 2.05) is 0 Å². The molecule has 0 unspecified atom stereocenters. The van der Waals surface area contributed by atoms with Crippen molar-refractivity contribution in [3.8, 4) is 0 Å². The van der Waals surface area contributed by atoms with Crippen LogP contribution in [0.1, 0.15) is 44.7 Å². The first kappa shape index (κ1) is 22.8. The molecule has 8 heteroatoms. The molecule has 1 aliphatic rings. The maximum absolute atomic E-state index is 13.1. The van der Waals surface area contributed by atoms with Crippen LogP contribution in [0, 0.1) is 0 Å². The van der Waals surface area contributed by atoms with Crippen LogP contribution in [0.15, 0.2) is 71.6 Å². The number of benzene rings is 3. The minimum atomic E-state index is -3.73. The molecule has 1 aliphatic carbocycles. The number of aliphatic hydroxyl groups excluding tert-OH is 2. The number of rotatable bonds is 8. The SMILES string of the molecule is O=C1c2ccccc2C(=O)c2c(Nc3ccc(S(=O)(=O)C(CCO)CCO)cc3)cccc21. The Hall–Kier alpha value is -3.33. The summed E-state index contributed by atoms with van der Waals surface area (Å²) < 4.78 is 25.7. The molecule has 3 N–H and O–H groups in total. The van der Waals surface area contributed by atoms with Crippen LogP contribution in [0.25, 0.3) is 0 Å². The summed E-state index contributed by atoms with van der Waals surface area (Å²) in [6.07, 6.45) is 0.0767. The van der Waals surface area contributed by atoms with Crippen molar-refractivity contribution in [3.63, 3.8) is 0 Å². The summed E-state index contributed by atoms with van der Waals surface area (Å²) in [5.74, 6) is -0.470. The Morgan fingerprint density at radius 2 is 1.30 bits per heavy atom. The number of fused-ring (bicyclic) bond motifs is 2. The van der Waals surface area contributed by atoms with Crippen molar-refractivity contribution < 1.29 is 28.2 Å². The van der Waals surface area contributed by atoms with Crippen LogP contribution in [0.4, 0.5) is 11.4 Å². The third kappa shape index (κ3) is 4.20. The van der Waals surface area contributed by atoms with Crippen LogP contribution in [-0.2, 0) is 9.84 Å². The molecule has 0 heterocycles. The van der Waals surface area contributed by atoms with E-state index in [2.05, 4.69) is 5.32 Å². The first-order chi connectivity index (χ1) is 15.9. The molecule has 3 aromatic rings. The maximum atomic E-state index is 13.1. The zero-order valence-corrected chi connectivity index (χ0v) is 18.5. The minimum Gasteiger partial charge on any atom is -0.396 e. The highest BCUT2D eigenvalue weighted by atomic mass is 32.2. The Morgan fingerprint density at radius 1 is 0.727 bits per heavy atom. The van der Waals surface area contributed by atoms with E-state index in [0.717, 1.165) is 0 Å². The van der Waals surface area contributed by atoms with E-state index in [-0.39, 0.29) is 48.1 Å². The maximum Gasteiger partial charge on any atom is 0.196 e. The zero-order valence-electron chi connectivity index (χ0n) is 17.7. The van der Waals surface area contributed by atoms with Gasteiger partial charge in [0.05, 0.1) is 21.4 Å². The molecule has 0 bridgehead atoms. The van der Waals surface area contributed by atoms with Gasteiger partial charge in [0.15, 0.2) is 21.4 Å². The molecule has 0 radical (unpaired) electrons. The van der Waals surface area contributed by atoms with Gasteiger partial charge in [-0.15, -0.1) is 0 Å². The Kier molecular flexibility index (Phi) is 6.42. The summed E-state index contributed by atoms with van der Waals surface area (Å²) in [4.78, 5) is 26.1. The molecule has 0 spiro atoms. The van der Waals surface area contributed by atoms with Crippen molar-refractivity contribution >= 4 is 32.8 Å². The monoisotopic (exact) mass is 465 g/mol. The minimum absolute atomic E-state index is 0.0384. The van der Waals surface area contributed by atoms with Crippen LogP contribution in [-0.4, -0.2) is 48.7 Å². The van der Waals surface area contributed by atoms with Gasteiger partial charge in [0.2, 0.25) is 0 Å². The topological polar surface area (TPSA) is 121 Å². The van der Waals surface area contributed by atoms with Gasteiger partial charge in [-0.25, -0.2) is 8.42 Å². The number of nitrogens with one attached hydrogen (secondary N) is 1. The van der Waals surface area contributed by atoms with Crippen molar-refractivity contribution in [2.45, 2.75) is 23.0 Å². The van der Waals surface area contributed by atoms with E-state index in [1.165, 1.54) is 12.1 Å². The Morgan fingerprint density at radius 3 is 1.91 bits per heavy atom. The highest BCUT2D eigenvalue weighted by Gasteiger charge is 2.31. The lowest BCUT2D eigenvalue weighted by atomic mass is 9.83. The number of sulfone groups is 1. The number of hydrogen-bond acceptors (Lipinski definition) is 7. The molecule has 33 heavy (non-hydrogen) atoms. The van der Waals surface area contributed by atoms with Crippen LogP contribution >= 0.6 is 0 Å². The lowest BCUT2D eigenvalue weighted by molar-refractivity contribution is 0.0979.